The molecule has 0 saturated heterocycles. The molecule has 0 bridgehead atoms. The standard InChI is InChI=1S/C25H26N4O/c1-16-13-18(22-21-11-12-26-23(21)29-15-28-22)5-6-19(16)14-27-24(30)17-7-9-20(10-8-17)25(2,3)4/h5-13,15H,14H2,1-4H3,(H,27,30)(H,26,28,29). The lowest BCUT2D eigenvalue weighted by Gasteiger charge is -2.19. The molecule has 2 heterocycles. The average Bonchev–Trinajstić information content (AvgIpc) is 3.21. The maximum absolute atomic E-state index is 12.6. The van der Waals surface area contributed by atoms with Gasteiger partial charge >= 0.3 is 0 Å². The maximum Gasteiger partial charge on any atom is 0.251 e. The largest absolute Gasteiger partial charge is 0.348 e. The van der Waals surface area contributed by atoms with Crippen molar-refractivity contribution in [2.75, 3.05) is 0 Å². The number of nitrogens with one attached hydrogen (secondary N) is 2. The van der Waals surface area contributed by atoms with E-state index >= 15 is 0 Å². The van der Waals surface area contributed by atoms with E-state index in [1.54, 1.807) is 6.33 Å². The van der Waals surface area contributed by atoms with E-state index in [9.17, 15) is 4.79 Å². The second-order valence-corrected chi connectivity index (χ2v) is 8.61. The first kappa shape index (κ1) is 19.8. The van der Waals surface area contributed by atoms with Gasteiger partial charge in [-0.15, -0.1) is 0 Å². The molecule has 4 rings (SSSR count). The molecule has 2 N–H and O–H groups in total. The van der Waals surface area contributed by atoms with Crippen LogP contribution in [0.3, 0.4) is 0 Å². The van der Waals surface area contributed by atoms with Gasteiger partial charge in [-0.2, -0.15) is 0 Å². The lowest BCUT2D eigenvalue weighted by Crippen LogP contribution is -2.23. The monoisotopic (exact) mass is 398 g/mol. The first-order valence-electron chi connectivity index (χ1n) is 10.1. The van der Waals surface area contributed by atoms with E-state index in [2.05, 4.69) is 54.0 Å². The third-order valence-corrected chi connectivity index (χ3v) is 5.42. The molecular weight excluding hydrogens is 372 g/mol. The number of hydrogen-bond donors (Lipinski definition) is 2. The number of carbonyl (C=O) groups is 1. The lowest BCUT2D eigenvalue weighted by atomic mass is 9.87. The second kappa shape index (κ2) is 7.75. The minimum absolute atomic E-state index is 0.0660. The van der Waals surface area contributed by atoms with Crippen LogP contribution in [0.5, 0.6) is 0 Å². The van der Waals surface area contributed by atoms with Crippen LogP contribution in [0.4, 0.5) is 0 Å². The molecular formula is C25H26N4O. The summed E-state index contributed by atoms with van der Waals surface area (Å²) >= 11 is 0. The second-order valence-electron chi connectivity index (χ2n) is 8.61. The van der Waals surface area contributed by atoms with Crippen LogP contribution >= 0.6 is 0 Å². The minimum Gasteiger partial charge on any atom is -0.348 e. The minimum atomic E-state index is -0.0660. The molecule has 152 valence electrons. The highest BCUT2D eigenvalue weighted by molar-refractivity contribution is 5.94. The van der Waals surface area contributed by atoms with Gasteiger partial charge in [0.15, 0.2) is 0 Å². The molecule has 0 fully saturated rings. The molecule has 5 nitrogen and oxygen atoms in total. The van der Waals surface area contributed by atoms with Crippen LogP contribution in [0.1, 0.15) is 47.8 Å². The number of aromatic amines is 1. The maximum atomic E-state index is 12.6. The summed E-state index contributed by atoms with van der Waals surface area (Å²) < 4.78 is 0. The lowest BCUT2D eigenvalue weighted by molar-refractivity contribution is 0.0951. The Morgan fingerprint density at radius 2 is 1.80 bits per heavy atom. The summed E-state index contributed by atoms with van der Waals surface area (Å²) in [6.45, 7) is 9.03. The predicted molar refractivity (Wildman–Crippen MR) is 120 cm³/mol. The summed E-state index contributed by atoms with van der Waals surface area (Å²) in [5, 5.41) is 4.03. The van der Waals surface area contributed by atoms with Crippen LogP contribution in [-0.2, 0) is 12.0 Å². The molecule has 2 aromatic heterocycles. The molecule has 1 amide bonds. The number of aryl methyl sites for hydroxylation is 1. The summed E-state index contributed by atoms with van der Waals surface area (Å²) in [5.74, 6) is -0.0660. The summed E-state index contributed by atoms with van der Waals surface area (Å²) in [7, 11) is 0. The fourth-order valence-corrected chi connectivity index (χ4v) is 3.54. The number of amides is 1. The van der Waals surface area contributed by atoms with Gasteiger partial charge in [0.2, 0.25) is 0 Å². The van der Waals surface area contributed by atoms with E-state index in [1.807, 2.05) is 48.7 Å². The van der Waals surface area contributed by atoms with E-state index in [0.29, 0.717) is 12.1 Å². The highest BCUT2D eigenvalue weighted by atomic mass is 16.1. The van der Waals surface area contributed by atoms with Gasteiger partial charge in [-0.3, -0.25) is 4.79 Å². The molecule has 4 aromatic rings. The number of hydrogen-bond acceptors (Lipinski definition) is 3. The van der Waals surface area contributed by atoms with Gasteiger partial charge in [0.05, 0.1) is 5.69 Å². The molecule has 0 aliphatic heterocycles. The predicted octanol–water partition coefficient (Wildman–Crippen LogP) is 5.16. The Bertz CT molecular complexity index is 1200. The normalized spacial score (nSPS) is 11.6. The summed E-state index contributed by atoms with van der Waals surface area (Å²) in [6.07, 6.45) is 3.44. The number of aromatic nitrogens is 3. The van der Waals surface area contributed by atoms with Crippen LogP contribution in [0.25, 0.3) is 22.3 Å². The first-order chi connectivity index (χ1) is 14.3. The quantitative estimate of drug-likeness (QED) is 0.499. The Labute approximate surface area is 176 Å². The highest BCUT2D eigenvalue weighted by Crippen LogP contribution is 2.26. The Hall–Kier alpha value is -3.47. The van der Waals surface area contributed by atoms with Crippen LogP contribution in [-0.4, -0.2) is 20.9 Å². The van der Waals surface area contributed by atoms with Crippen molar-refractivity contribution < 1.29 is 4.79 Å². The molecule has 0 saturated carbocycles. The number of nitrogens with zero attached hydrogens (tertiary/aromatic N) is 2. The van der Waals surface area contributed by atoms with Gasteiger partial charge in [-0.25, -0.2) is 9.97 Å². The fraction of sp³-hybridized carbons (Fsp3) is 0.240. The van der Waals surface area contributed by atoms with Gasteiger partial charge in [-0.1, -0.05) is 45.0 Å². The molecule has 2 aromatic carbocycles. The zero-order valence-electron chi connectivity index (χ0n) is 17.8. The summed E-state index contributed by atoms with van der Waals surface area (Å²) in [6, 6.07) is 16.0. The van der Waals surface area contributed by atoms with E-state index in [1.165, 1.54) is 5.56 Å². The number of fused-ring (bicyclic) bond motifs is 1. The Morgan fingerprint density at radius 1 is 1.03 bits per heavy atom. The zero-order chi connectivity index (χ0) is 21.3. The number of benzene rings is 2. The van der Waals surface area contributed by atoms with Gasteiger partial charge in [0.25, 0.3) is 5.91 Å². The topological polar surface area (TPSA) is 70.7 Å². The van der Waals surface area contributed by atoms with Crippen molar-refractivity contribution in [1.82, 2.24) is 20.3 Å². The zero-order valence-corrected chi connectivity index (χ0v) is 17.8. The fourth-order valence-electron chi connectivity index (χ4n) is 3.54. The van der Waals surface area contributed by atoms with Crippen molar-refractivity contribution in [3.63, 3.8) is 0 Å². The van der Waals surface area contributed by atoms with E-state index < -0.39 is 0 Å². The van der Waals surface area contributed by atoms with Crippen LogP contribution in [0, 0.1) is 6.92 Å². The number of carbonyl (C=O) groups excluding carboxylic acids is 1. The molecule has 5 heteroatoms. The van der Waals surface area contributed by atoms with Crippen molar-refractivity contribution in [3.8, 4) is 11.3 Å². The molecule has 30 heavy (non-hydrogen) atoms. The third-order valence-electron chi connectivity index (χ3n) is 5.42. The molecule has 0 unspecified atom stereocenters. The van der Waals surface area contributed by atoms with Crippen molar-refractivity contribution in [3.05, 3.63) is 83.3 Å². The van der Waals surface area contributed by atoms with Gasteiger partial charge in [0.1, 0.15) is 12.0 Å². The van der Waals surface area contributed by atoms with Crippen molar-refractivity contribution in [2.24, 2.45) is 0 Å². The highest BCUT2D eigenvalue weighted by Gasteiger charge is 2.14. The van der Waals surface area contributed by atoms with Crippen LogP contribution in [0.15, 0.2) is 61.1 Å². The van der Waals surface area contributed by atoms with Crippen molar-refractivity contribution >= 4 is 16.9 Å². The van der Waals surface area contributed by atoms with Crippen LogP contribution in [0.2, 0.25) is 0 Å². The number of rotatable bonds is 4. The van der Waals surface area contributed by atoms with Crippen LogP contribution < -0.4 is 5.32 Å². The number of H-pyrrole nitrogens is 1. The SMILES string of the molecule is Cc1cc(-c2ncnc3[nH]ccc23)ccc1CNC(=O)c1ccc(C(C)(C)C)cc1. The smallest absolute Gasteiger partial charge is 0.251 e. The Kier molecular flexibility index (Phi) is 5.12. The first-order valence-corrected chi connectivity index (χ1v) is 10.1. The van der Waals surface area contributed by atoms with E-state index in [4.69, 9.17) is 0 Å². The third kappa shape index (κ3) is 3.96. The molecule has 0 atom stereocenters. The van der Waals surface area contributed by atoms with E-state index in [0.717, 1.165) is 33.4 Å². The molecule has 0 spiro atoms. The molecule has 0 aliphatic rings. The van der Waals surface area contributed by atoms with Gasteiger partial charge in [0, 0.05) is 29.3 Å². The van der Waals surface area contributed by atoms with Gasteiger partial charge in [-0.05, 0) is 53.3 Å². The van der Waals surface area contributed by atoms with E-state index in [-0.39, 0.29) is 11.3 Å². The molecule has 0 aliphatic carbocycles. The summed E-state index contributed by atoms with van der Waals surface area (Å²) in [5.41, 5.74) is 6.91. The Balaban J connectivity index is 1.48. The molecule has 0 radical (unpaired) electrons. The van der Waals surface area contributed by atoms with Crippen molar-refractivity contribution in [2.45, 2.75) is 39.7 Å². The van der Waals surface area contributed by atoms with Gasteiger partial charge < -0.3 is 10.3 Å². The van der Waals surface area contributed by atoms with Crippen molar-refractivity contribution in [1.29, 1.82) is 0 Å². The average molecular weight is 399 g/mol. The Morgan fingerprint density at radius 3 is 2.50 bits per heavy atom. The summed E-state index contributed by atoms with van der Waals surface area (Å²) in [4.78, 5) is 24.4.